The van der Waals surface area contributed by atoms with Crippen molar-refractivity contribution in [3.8, 4) is 0 Å². The lowest BCUT2D eigenvalue weighted by Gasteiger charge is -2.34. The Morgan fingerprint density at radius 2 is 1.83 bits per heavy atom. The maximum Gasteiger partial charge on any atom is 0.317 e. The fourth-order valence-corrected chi connectivity index (χ4v) is 4.52. The van der Waals surface area contributed by atoms with Crippen LogP contribution in [0.15, 0.2) is 29.2 Å². The molecule has 24 heavy (non-hydrogen) atoms. The molecule has 0 unspecified atom stereocenters. The minimum Gasteiger partial charge on any atom is -0.338 e. The van der Waals surface area contributed by atoms with E-state index in [1.165, 1.54) is 10.4 Å². The highest BCUT2D eigenvalue weighted by Crippen LogP contribution is 2.24. The molecular weight excluding hydrogens is 350 g/mol. The standard InChI is InChI=1S/C16H24ClN3O3S/c1-2-3-6-9-18-16(21)19-10-12-20(13-11-19)24(22,23)15-8-5-4-7-14(15)17/h4-5,7-8H,2-3,6,9-13H2,1H3,(H,18,21). The van der Waals surface area contributed by atoms with Crippen molar-refractivity contribution in [1.29, 1.82) is 0 Å². The molecule has 0 atom stereocenters. The fourth-order valence-electron chi connectivity index (χ4n) is 2.61. The maximum atomic E-state index is 12.7. The van der Waals surface area contributed by atoms with Gasteiger partial charge in [-0.15, -0.1) is 0 Å². The zero-order valence-corrected chi connectivity index (χ0v) is 15.4. The summed E-state index contributed by atoms with van der Waals surface area (Å²) in [5.74, 6) is 0. The van der Waals surface area contributed by atoms with Gasteiger partial charge in [-0.05, 0) is 18.6 Å². The van der Waals surface area contributed by atoms with E-state index >= 15 is 0 Å². The van der Waals surface area contributed by atoms with Crippen LogP contribution >= 0.6 is 11.6 Å². The molecule has 2 rings (SSSR count). The van der Waals surface area contributed by atoms with Gasteiger partial charge >= 0.3 is 6.03 Å². The van der Waals surface area contributed by atoms with Crippen LogP contribution in [0.5, 0.6) is 0 Å². The lowest BCUT2D eigenvalue weighted by atomic mass is 10.2. The molecule has 1 fully saturated rings. The van der Waals surface area contributed by atoms with Crippen LogP contribution in [-0.2, 0) is 10.0 Å². The summed E-state index contributed by atoms with van der Waals surface area (Å²) in [6, 6.07) is 6.29. The van der Waals surface area contributed by atoms with Gasteiger partial charge in [0.05, 0.1) is 5.02 Å². The molecule has 1 heterocycles. The number of sulfonamides is 1. The number of halogens is 1. The van der Waals surface area contributed by atoms with Gasteiger partial charge in [-0.1, -0.05) is 43.5 Å². The summed E-state index contributed by atoms with van der Waals surface area (Å²) in [6.45, 7) is 4.07. The van der Waals surface area contributed by atoms with E-state index in [0.717, 1.165) is 19.3 Å². The van der Waals surface area contributed by atoms with Crippen molar-refractivity contribution >= 4 is 27.7 Å². The predicted molar refractivity (Wildman–Crippen MR) is 94.7 cm³/mol. The van der Waals surface area contributed by atoms with E-state index in [0.29, 0.717) is 19.6 Å². The van der Waals surface area contributed by atoms with Crippen molar-refractivity contribution in [3.05, 3.63) is 29.3 Å². The lowest BCUT2D eigenvalue weighted by Crippen LogP contribution is -2.53. The number of unbranched alkanes of at least 4 members (excludes halogenated alkanes) is 2. The van der Waals surface area contributed by atoms with Gasteiger partial charge in [-0.3, -0.25) is 0 Å². The molecule has 8 heteroatoms. The SMILES string of the molecule is CCCCCNC(=O)N1CCN(S(=O)(=O)c2ccccc2Cl)CC1. The first-order valence-corrected chi connectivity index (χ1v) is 10.1. The van der Waals surface area contributed by atoms with Crippen molar-refractivity contribution in [2.45, 2.75) is 31.1 Å². The Bertz CT molecular complexity index is 658. The number of hydrogen-bond acceptors (Lipinski definition) is 3. The molecule has 134 valence electrons. The molecule has 6 nitrogen and oxygen atoms in total. The molecule has 1 aromatic carbocycles. The fraction of sp³-hybridized carbons (Fsp3) is 0.562. The molecule has 0 aromatic heterocycles. The molecule has 1 N–H and O–H groups in total. The molecule has 0 radical (unpaired) electrons. The van der Waals surface area contributed by atoms with Crippen LogP contribution in [0.2, 0.25) is 5.02 Å². The van der Waals surface area contributed by atoms with E-state index in [9.17, 15) is 13.2 Å². The van der Waals surface area contributed by atoms with E-state index in [1.54, 1.807) is 23.1 Å². The Hall–Kier alpha value is -1.31. The molecule has 0 bridgehead atoms. The van der Waals surface area contributed by atoms with Crippen molar-refractivity contribution in [1.82, 2.24) is 14.5 Å². The van der Waals surface area contributed by atoms with E-state index < -0.39 is 10.0 Å². The van der Waals surface area contributed by atoms with Crippen LogP contribution in [0.3, 0.4) is 0 Å². The highest BCUT2D eigenvalue weighted by atomic mass is 35.5. The number of carbonyl (C=O) groups excluding carboxylic acids is 1. The summed E-state index contributed by atoms with van der Waals surface area (Å²) < 4.78 is 26.7. The minimum atomic E-state index is -3.62. The van der Waals surface area contributed by atoms with Gasteiger partial charge in [-0.25, -0.2) is 13.2 Å². The third kappa shape index (κ3) is 4.62. The summed E-state index contributed by atoms with van der Waals surface area (Å²) in [5, 5.41) is 3.10. The number of carbonyl (C=O) groups is 1. The summed E-state index contributed by atoms with van der Waals surface area (Å²) in [6.07, 6.45) is 3.15. The number of benzene rings is 1. The van der Waals surface area contributed by atoms with Crippen molar-refractivity contribution < 1.29 is 13.2 Å². The Kier molecular flexibility index (Phi) is 6.89. The first kappa shape index (κ1) is 19.0. The molecule has 0 saturated carbocycles. The smallest absolute Gasteiger partial charge is 0.317 e. The van der Waals surface area contributed by atoms with Gasteiger partial charge in [0.2, 0.25) is 10.0 Å². The summed E-state index contributed by atoms with van der Waals surface area (Å²) in [5.41, 5.74) is 0. The van der Waals surface area contributed by atoms with Crippen LogP contribution in [-0.4, -0.2) is 56.4 Å². The number of urea groups is 1. The van der Waals surface area contributed by atoms with Crippen molar-refractivity contribution in [2.24, 2.45) is 0 Å². The molecule has 1 aromatic rings. The third-order valence-corrected chi connectivity index (χ3v) is 6.44. The van der Waals surface area contributed by atoms with Crippen molar-refractivity contribution in [2.75, 3.05) is 32.7 Å². The Morgan fingerprint density at radius 1 is 1.17 bits per heavy atom. The molecule has 2 amide bonds. The average Bonchev–Trinajstić information content (AvgIpc) is 2.59. The topological polar surface area (TPSA) is 69.7 Å². The summed E-state index contributed by atoms with van der Waals surface area (Å²) in [7, 11) is -3.62. The number of nitrogens with one attached hydrogen (secondary N) is 1. The van der Waals surface area contributed by atoms with Gasteiger partial charge in [0.1, 0.15) is 4.90 Å². The quantitative estimate of drug-likeness (QED) is 0.779. The number of nitrogens with zero attached hydrogens (tertiary/aromatic N) is 2. The van der Waals surface area contributed by atoms with Crippen LogP contribution in [0.1, 0.15) is 26.2 Å². The molecule has 1 aliphatic heterocycles. The lowest BCUT2D eigenvalue weighted by molar-refractivity contribution is 0.172. The number of amides is 2. The van der Waals surface area contributed by atoms with Crippen LogP contribution < -0.4 is 5.32 Å². The van der Waals surface area contributed by atoms with Gasteiger partial charge in [0, 0.05) is 32.7 Å². The number of hydrogen-bond donors (Lipinski definition) is 1. The van der Waals surface area contributed by atoms with Gasteiger partial charge in [0.25, 0.3) is 0 Å². The summed E-state index contributed by atoms with van der Waals surface area (Å²) in [4.78, 5) is 13.8. The minimum absolute atomic E-state index is 0.115. The average molecular weight is 374 g/mol. The molecule has 1 saturated heterocycles. The Morgan fingerprint density at radius 3 is 2.46 bits per heavy atom. The zero-order valence-electron chi connectivity index (χ0n) is 13.9. The molecule has 0 spiro atoms. The van der Waals surface area contributed by atoms with E-state index in [4.69, 9.17) is 11.6 Å². The first-order valence-electron chi connectivity index (χ1n) is 8.24. The molecule has 1 aliphatic rings. The normalized spacial score (nSPS) is 16.2. The highest BCUT2D eigenvalue weighted by molar-refractivity contribution is 7.89. The largest absolute Gasteiger partial charge is 0.338 e. The summed E-state index contributed by atoms with van der Waals surface area (Å²) >= 11 is 6.01. The zero-order chi connectivity index (χ0) is 17.6. The van der Waals surface area contributed by atoms with Crippen LogP contribution in [0.25, 0.3) is 0 Å². The highest BCUT2D eigenvalue weighted by Gasteiger charge is 2.31. The second kappa shape index (κ2) is 8.69. The van der Waals surface area contributed by atoms with Gasteiger partial charge < -0.3 is 10.2 Å². The first-order chi connectivity index (χ1) is 11.5. The Labute approximate surface area is 148 Å². The van der Waals surface area contributed by atoms with E-state index in [-0.39, 0.29) is 29.0 Å². The predicted octanol–water partition coefficient (Wildman–Crippen LogP) is 2.55. The van der Waals surface area contributed by atoms with Gasteiger partial charge in [-0.2, -0.15) is 4.31 Å². The van der Waals surface area contributed by atoms with Crippen LogP contribution in [0.4, 0.5) is 4.79 Å². The molecule has 0 aliphatic carbocycles. The third-order valence-electron chi connectivity index (χ3n) is 4.04. The van der Waals surface area contributed by atoms with Crippen molar-refractivity contribution in [3.63, 3.8) is 0 Å². The van der Waals surface area contributed by atoms with Gasteiger partial charge in [0.15, 0.2) is 0 Å². The molecular formula is C16H24ClN3O3S. The number of piperazine rings is 1. The maximum absolute atomic E-state index is 12.7. The Balaban J connectivity index is 1.90. The number of rotatable bonds is 6. The van der Waals surface area contributed by atoms with E-state index in [1.807, 2.05) is 0 Å². The second-order valence-corrected chi connectivity index (χ2v) is 8.07. The second-order valence-electron chi connectivity index (χ2n) is 5.76. The monoisotopic (exact) mass is 373 g/mol. The van der Waals surface area contributed by atoms with E-state index in [2.05, 4.69) is 12.2 Å². The van der Waals surface area contributed by atoms with Crippen LogP contribution in [0, 0.1) is 0 Å².